The molecule has 3 N–H and O–H groups in total. The molecule has 0 saturated carbocycles. The lowest BCUT2D eigenvalue weighted by atomic mass is 9.97. The lowest BCUT2D eigenvalue weighted by molar-refractivity contribution is -0.123. The number of rotatable bonds is 7. The Bertz CT molecular complexity index is 899. The maximum atomic E-state index is 12.8. The molecule has 1 fully saturated rings. The van der Waals surface area contributed by atoms with Gasteiger partial charge >= 0.3 is 0 Å². The van der Waals surface area contributed by atoms with Crippen molar-refractivity contribution in [3.8, 4) is 5.75 Å². The third kappa shape index (κ3) is 5.97. The number of primary amides is 1. The Labute approximate surface area is 182 Å². The summed E-state index contributed by atoms with van der Waals surface area (Å²) in [5.74, 6) is -0.0734. The Morgan fingerprint density at radius 1 is 1.23 bits per heavy atom. The molecule has 0 radical (unpaired) electrons. The van der Waals surface area contributed by atoms with Gasteiger partial charge in [0, 0.05) is 23.8 Å². The number of ether oxygens (including phenoxy) is 1. The second-order valence-electron chi connectivity index (χ2n) is 7.93. The van der Waals surface area contributed by atoms with E-state index in [0.29, 0.717) is 28.6 Å². The molecule has 2 aromatic rings. The largest absolute Gasteiger partial charge is 0.490 e. The van der Waals surface area contributed by atoms with Crippen LogP contribution in [0.4, 0.5) is 5.69 Å². The van der Waals surface area contributed by atoms with Crippen molar-refractivity contribution in [1.29, 1.82) is 0 Å². The highest BCUT2D eigenvalue weighted by Gasteiger charge is 2.23. The fourth-order valence-electron chi connectivity index (χ4n) is 3.62. The van der Waals surface area contributed by atoms with Crippen molar-refractivity contribution < 1.29 is 14.3 Å². The number of carbonyl (C=O) groups is 2. The molecule has 0 aliphatic carbocycles. The van der Waals surface area contributed by atoms with Crippen molar-refractivity contribution in [3.63, 3.8) is 0 Å². The molecule has 1 aliphatic heterocycles. The maximum Gasteiger partial charge on any atom is 0.259 e. The molecule has 160 valence electrons. The number of hydrogen-bond donors (Lipinski definition) is 2. The van der Waals surface area contributed by atoms with Crippen molar-refractivity contribution in [2.24, 2.45) is 11.7 Å². The van der Waals surface area contributed by atoms with Crippen LogP contribution in [-0.4, -0.2) is 35.9 Å². The lowest BCUT2D eigenvalue weighted by Crippen LogP contribution is -2.40. The van der Waals surface area contributed by atoms with E-state index in [0.717, 1.165) is 31.5 Å². The number of piperidine rings is 1. The van der Waals surface area contributed by atoms with Crippen LogP contribution in [0.5, 0.6) is 5.75 Å². The Morgan fingerprint density at radius 2 is 1.97 bits per heavy atom. The van der Waals surface area contributed by atoms with Gasteiger partial charge in [-0.1, -0.05) is 23.7 Å². The van der Waals surface area contributed by atoms with Gasteiger partial charge in [-0.2, -0.15) is 0 Å². The fourth-order valence-corrected chi connectivity index (χ4v) is 3.79. The molecular weight excluding hydrogens is 402 g/mol. The minimum Gasteiger partial charge on any atom is -0.490 e. The number of likely N-dealkylation sites (tertiary alicyclic amines) is 1. The van der Waals surface area contributed by atoms with Gasteiger partial charge in [-0.05, 0) is 69.1 Å². The molecular formula is C23H28ClN3O3. The fraction of sp³-hybridized carbons (Fsp3) is 0.391. The average molecular weight is 430 g/mol. The van der Waals surface area contributed by atoms with Crippen LogP contribution in [0.15, 0.2) is 42.5 Å². The number of nitrogens with two attached hydrogens (primary N) is 1. The van der Waals surface area contributed by atoms with Gasteiger partial charge in [0.1, 0.15) is 5.75 Å². The second kappa shape index (κ2) is 9.96. The molecule has 0 spiro atoms. The van der Waals surface area contributed by atoms with Crippen LogP contribution in [0.25, 0.3) is 0 Å². The number of benzene rings is 2. The average Bonchev–Trinajstić information content (AvgIpc) is 2.70. The van der Waals surface area contributed by atoms with Gasteiger partial charge in [-0.3, -0.25) is 14.5 Å². The minimum absolute atomic E-state index is 0.0547. The van der Waals surface area contributed by atoms with E-state index in [4.69, 9.17) is 22.1 Å². The molecule has 2 aromatic carbocycles. The first-order chi connectivity index (χ1) is 14.3. The number of amides is 2. The topological polar surface area (TPSA) is 84.7 Å². The van der Waals surface area contributed by atoms with Crippen LogP contribution in [0.1, 0.15) is 42.6 Å². The maximum absolute atomic E-state index is 12.8. The molecule has 7 heteroatoms. The second-order valence-corrected chi connectivity index (χ2v) is 8.37. The Kier molecular flexibility index (Phi) is 7.34. The van der Waals surface area contributed by atoms with Crippen molar-refractivity contribution in [1.82, 2.24) is 4.90 Å². The molecule has 3 rings (SSSR count). The van der Waals surface area contributed by atoms with Gasteiger partial charge in [0.15, 0.2) is 0 Å². The number of carbonyl (C=O) groups excluding carboxylic acids is 2. The zero-order chi connectivity index (χ0) is 21.7. The molecule has 0 aromatic heterocycles. The summed E-state index contributed by atoms with van der Waals surface area (Å²) < 4.78 is 5.73. The zero-order valence-corrected chi connectivity index (χ0v) is 18.1. The Balaban J connectivity index is 1.64. The molecule has 1 heterocycles. The first-order valence-corrected chi connectivity index (χ1v) is 10.6. The Morgan fingerprint density at radius 3 is 2.63 bits per heavy atom. The summed E-state index contributed by atoms with van der Waals surface area (Å²) in [5.41, 5.74) is 7.66. The molecule has 2 amide bonds. The van der Waals surface area contributed by atoms with Crippen molar-refractivity contribution in [2.75, 3.05) is 18.4 Å². The molecule has 0 bridgehead atoms. The van der Waals surface area contributed by atoms with E-state index in [2.05, 4.69) is 10.2 Å². The van der Waals surface area contributed by atoms with E-state index in [1.807, 2.05) is 38.1 Å². The quantitative estimate of drug-likeness (QED) is 0.694. The van der Waals surface area contributed by atoms with Gasteiger partial charge in [0.25, 0.3) is 5.91 Å². The predicted octanol–water partition coefficient (Wildman–Crippen LogP) is 4.08. The van der Waals surface area contributed by atoms with Crippen molar-refractivity contribution in [2.45, 2.75) is 39.3 Å². The number of nitrogens with one attached hydrogen (secondary N) is 1. The third-order valence-corrected chi connectivity index (χ3v) is 5.31. The van der Waals surface area contributed by atoms with Crippen LogP contribution in [0.3, 0.4) is 0 Å². The summed E-state index contributed by atoms with van der Waals surface area (Å²) in [7, 11) is 0. The standard InChI is InChI=1S/C23H28ClN3O3/c1-15(2)30-21-10-7-18(24)12-20(21)23(29)26-19-8-5-16(6-9-19)13-27-11-3-4-17(14-27)22(25)28/h5-10,12,15,17H,3-4,11,13-14H2,1-2H3,(H2,25,28)(H,26,29). The smallest absolute Gasteiger partial charge is 0.259 e. The molecule has 1 saturated heterocycles. The van der Waals surface area contributed by atoms with Gasteiger partial charge in [-0.25, -0.2) is 0 Å². The Hall–Kier alpha value is -2.57. The summed E-state index contributed by atoms with van der Waals surface area (Å²) in [4.78, 5) is 26.5. The summed E-state index contributed by atoms with van der Waals surface area (Å²) in [6.07, 6.45) is 1.78. The van der Waals surface area contributed by atoms with Crippen LogP contribution >= 0.6 is 11.6 Å². The van der Waals surface area contributed by atoms with Gasteiger partial charge in [-0.15, -0.1) is 0 Å². The highest BCUT2D eigenvalue weighted by atomic mass is 35.5. The van der Waals surface area contributed by atoms with Gasteiger partial charge in [0.2, 0.25) is 5.91 Å². The van der Waals surface area contributed by atoms with E-state index >= 15 is 0 Å². The first-order valence-electron chi connectivity index (χ1n) is 10.2. The number of halogens is 1. The summed E-state index contributed by atoms with van der Waals surface area (Å²) in [6, 6.07) is 12.7. The highest BCUT2D eigenvalue weighted by molar-refractivity contribution is 6.31. The molecule has 1 atom stereocenters. The number of nitrogens with zero attached hydrogens (tertiary/aromatic N) is 1. The minimum atomic E-state index is -0.277. The van der Waals surface area contributed by atoms with Crippen molar-refractivity contribution >= 4 is 29.1 Å². The van der Waals surface area contributed by atoms with E-state index in [1.165, 1.54) is 0 Å². The zero-order valence-electron chi connectivity index (χ0n) is 17.4. The lowest BCUT2D eigenvalue weighted by Gasteiger charge is -2.31. The summed E-state index contributed by atoms with van der Waals surface area (Å²) >= 11 is 6.07. The highest BCUT2D eigenvalue weighted by Crippen LogP contribution is 2.25. The normalized spacial score (nSPS) is 17.0. The summed E-state index contributed by atoms with van der Waals surface area (Å²) in [5, 5.41) is 3.37. The van der Waals surface area contributed by atoms with Crippen LogP contribution < -0.4 is 15.8 Å². The number of hydrogen-bond acceptors (Lipinski definition) is 4. The van der Waals surface area contributed by atoms with E-state index in [-0.39, 0.29) is 23.8 Å². The summed E-state index contributed by atoms with van der Waals surface area (Å²) in [6.45, 7) is 6.21. The van der Waals surface area contributed by atoms with Crippen LogP contribution in [0.2, 0.25) is 5.02 Å². The van der Waals surface area contributed by atoms with Crippen LogP contribution in [-0.2, 0) is 11.3 Å². The van der Waals surface area contributed by atoms with Crippen LogP contribution in [0, 0.1) is 5.92 Å². The monoisotopic (exact) mass is 429 g/mol. The van der Waals surface area contributed by atoms with Gasteiger partial charge < -0.3 is 15.8 Å². The molecule has 30 heavy (non-hydrogen) atoms. The SMILES string of the molecule is CC(C)Oc1ccc(Cl)cc1C(=O)Nc1ccc(CN2CCCC(C(N)=O)C2)cc1. The molecule has 1 aliphatic rings. The van der Waals surface area contributed by atoms with Gasteiger partial charge in [0.05, 0.1) is 17.6 Å². The molecule has 1 unspecified atom stereocenters. The molecule has 6 nitrogen and oxygen atoms in total. The number of anilines is 1. The van der Waals surface area contributed by atoms with E-state index in [1.54, 1.807) is 18.2 Å². The van der Waals surface area contributed by atoms with E-state index < -0.39 is 0 Å². The van der Waals surface area contributed by atoms with Crippen molar-refractivity contribution in [3.05, 3.63) is 58.6 Å². The predicted molar refractivity (Wildman–Crippen MR) is 119 cm³/mol. The first kappa shape index (κ1) is 22.1. The van der Waals surface area contributed by atoms with E-state index in [9.17, 15) is 9.59 Å². The third-order valence-electron chi connectivity index (χ3n) is 5.07.